The van der Waals surface area contributed by atoms with Gasteiger partial charge in [-0.3, -0.25) is 5.32 Å². The van der Waals surface area contributed by atoms with Crippen LogP contribution in [0.3, 0.4) is 0 Å². The lowest BCUT2D eigenvalue weighted by atomic mass is 10.9. The molecule has 0 saturated carbocycles. The Morgan fingerprint density at radius 1 is 1.36 bits per heavy atom. The molecule has 9 heteroatoms. The normalized spacial score (nSPS) is 6.91. The fourth-order valence-electron chi connectivity index (χ4n) is 0.121. The average Bonchev–Trinajstić information content (AvgIpc) is 1.56. The van der Waals surface area contributed by atoms with Gasteiger partial charge in [0.25, 0.3) is 5.09 Å². The minimum Gasteiger partial charge on any atom is -0.351 e. The first-order valence-corrected chi connectivity index (χ1v) is 2.05. The van der Waals surface area contributed by atoms with E-state index in [1.807, 2.05) is 0 Å². The molecule has 0 radical (unpaired) electrons. The number of amides is 4. The van der Waals surface area contributed by atoms with E-state index in [9.17, 15) is 9.59 Å². The summed E-state index contributed by atoms with van der Waals surface area (Å²) in [6.45, 7) is 0. The predicted molar refractivity (Wildman–Crippen MR) is 31.1 cm³/mol. The third kappa shape index (κ3) is 74.4. The summed E-state index contributed by atoms with van der Waals surface area (Å²) in [5.41, 5.74) is 8.88. The number of hydrogen-bond donors (Lipinski definition) is 4. The molecule has 0 rings (SSSR count). The van der Waals surface area contributed by atoms with Gasteiger partial charge in [-0.2, -0.15) is 0 Å². The minimum absolute atomic E-state index is 0.937. The van der Waals surface area contributed by atoms with Crippen molar-refractivity contribution in [1.82, 2.24) is 5.32 Å². The lowest BCUT2D eigenvalue weighted by Crippen LogP contribution is -2.38. The van der Waals surface area contributed by atoms with Crippen molar-refractivity contribution in [2.24, 2.45) is 11.5 Å². The Kier molecular flexibility index (Phi) is 6.45. The molecule has 0 aromatic rings. The molecule has 0 aliphatic carbocycles. The Balaban J connectivity index is 0. The molecule has 0 bridgehead atoms. The number of urea groups is 2. The number of carbonyl (C=O) groups is 2. The molecule has 0 atom stereocenters. The standard InChI is InChI=1S/C2H5N3O2.HNO3/c3-1(6)5-2(4)7;2-1(3)4/h(H5,3,4,5,6,7);(H,2,3,4). The second-order valence-electron chi connectivity index (χ2n) is 1.09. The summed E-state index contributed by atoms with van der Waals surface area (Å²) < 4.78 is 0. The molecule has 9 nitrogen and oxygen atoms in total. The van der Waals surface area contributed by atoms with E-state index >= 15 is 0 Å². The smallest absolute Gasteiger partial charge is 0.320 e. The molecule has 0 unspecified atom stereocenters. The van der Waals surface area contributed by atoms with Gasteiger partial charge in [0.1, 0.15) is 0 Å². The van der Waals surface area contributed by atoms with Crippen molar-refractivity contribution in [3.05, 3.63) is 10.1 Å². The highest BCUT2D eigenvalue weighted by atomic mass is 16.9. The molecule has 0 heterocycles. The van der Waals surface area contributed by atoms with Crippen LogP contribution in [0.1, 0.15) is 0 Å². The lowest BCUT2D eigenvalue weighted by Gasteiger charge is -1.88. The number of imide groups is 1. The zero-order chi connectivity index (χ0) is 9.44. The quantitative estimate of drug-likeness (QED) is 0.251. The van der Waals surface area contributed by atoms with Crippen LogP contribution in [0.4, 0.5) is 9.59 Å². The second-order valence-corrected chi connectivity index (χ2v) is 1.09. The first-order chi connectivity index (χ1) is 4.86. The number of nitrogens with one attached hydrogen (secondary N) is 1. The number of nitrogens with two attached hydrogens (primary N) is 2. The average molecular weight is 166 g/mol. The van der Waals surface area contributed by atoms with Crippen LogP contribution in [-0.2, 0) is 0 Å². The van der Waals surface area contributed by atoms with Crippen LogP contribution < -0.4 is 16.8 Å². The fourth-order valence-corrected chi connectivity index (χ4v) is 0.121. The topological polar surface area (TPSA) is 162 Å². The van der Waals surface area contributed by atoms with Gasteiger partial charge < -0.3 is 16.7 Å². The molecule has 11 heavy (non-hydrogen) atoms. The summed E-state index contributed by atoms with van der Waals surface area (Å²) in [6.07, 6.45) is 0. The van der Waals surface area contributed by atoms with Crippen LogP contribution in [0.2, 0.25) is 0 Å². The summed E-state index contributed by atoms with van der Waals surface area (Å²) in [4.78, 5) is 27.6. The Bertz CT molecular complexity index is 150. The molecule has 4 amide bonds. The summed E-state index contributed by atoms with van der Waals surface area (Å²) >= 11 is 0. The van der Waals surface area contributed by atoms with Crippen molar-refractivity contribution < 1.29 is 19.9 Å². The summed E-state index contributed by atoms with van der Waals surface area (Å²) in [5, 5.41) is 15.2. The maximum absolute atomic E-state index is 9.62. The molecule has 0 aliphatic heterocycles. The van der Waals surface area contributed by atoms with Gasteiger partial charge in [0.05, 0.1) is 0 Å². The summed E-state index contributed by atoms with van der Waals surface area (Å²) in [5.74, 6) is 0. The highest BCUT2D eigenvalue weighted by molar-refractivity contribution is 5.91. The van der Waals surface area contributed by atoms with E-state index in [2.05, 4.69) is 11.5 Å². The first kappa shape index (κ1) is 11.7. The van der Waals surface area contributed by atoms with Crippen molar-refractivity contribution in [1.29, 1.82) is 0 Å². The Morgan fingerprint density at radius 3 is 1.55 bits per heavy atom. The highest BCUT2D eigenvalue weighted by Gasteiger charge is 1.92. The highest BCUT2D eigenvalue weighted by Crippen LogP contribution is 1.51. The Labute approximate surface area is 60.1 Å². The molecule has 64 valence electrons. The number of rotatable bonds is 0. The zero-order valence-corrected chi connectivity index (χ0v) is 5.18. The van der Waals surface area contributed by atoms with Gasteiger partial charge in [0.15, 0.2) is 0 Å². The predicted octanol–water partition coefficient (Wildman–Crippen LogP) is -1.61. The Hall–Kier alpha value is -2.06. The molecule has 0 spiro atoms. The van der Waals surface area contributed by atoms with E-state index in [0.29, 0.717) is 0 Å². The molecule has 0 saturated heterocycles. The van der Waals surface area contributed by atoms with Crippen LogP contribution in [0.25, 0.3) is 0 Å². The van der Waals surface area contributed by atoms with Gasteiger partial charge in [0, 0.05) is 0 Å². The van der Waals surface area contributed by atoms with Gasteiger partial charge in [-0.05, 0) is 0 Å². The third-order valence-corrected chi connectivity index (χ3v) is 0.246. The van der Waals surface area contributed by atoms with Crippen LogP contribution in [0.15, 0.2) is 0 Å². The maximum atomic E-state index is 9.62. The lowest BCUT2D eigenvalue weighted by molar-refractivity contribution is -0.742. The van der Waals surface area contributed by atoms with E-state index < -0.39 is 17.1 Å². The van der Waals surface area contributed by atoms with Crippen LogP contribution in [0.5, 0.6) is 0 Å². The number of hydrogen-bond acceptors (Lipinski definition) is 4. The Morgan fingerprint density at radius 2 is 1.55 bits per heavy atom. The van der Waals surface area contributed by atoms with Crippen molar-refractivity contribution in [3.63, 3.8) is 0 Å². The van der Waals surface area contributed by atoms with Gasteiger partial charge in [-0.25, -0.2) is 9.59 Å². The molecule has 0 fully saturated rings. The number of carbonyl (C=O) groups excluding carboxylic acids is 2. The van der Waals surface area contributed by atoms with Crippen LogP contribution in [-0.4, -0.2) is 22.4 Å². The molecule has 0 aromatic heterocycles. The summed E-state index contributed by atoms with van der Waals surface area (Å²) in [7, 11) is 0. The van der Waals surface area contributed by atoms with Crippen molar-refractivity contribution in [3.8, 4) is 0 Å². The van der Waals surface area contributed by atoms with Crippen LogP contribution in [0, 0.1) is 10.1 Å². The SMILES string of the molecule is NC(=O)NC(N)=O.O=[N+]([O-])O. The van der Waals surface area contributed by atoms with Crippen molar-refractivity contribution in [2.75, 3.05) is 0 Å². The third-order valence-electron chi connectivity index (χ3n) is 0.246. The van der Waals surface area contributed by atoms with Gasteiger partial charge >= 0.3 is 12.1 Å². The molecule has 6 N–H and O–H groups in total. The summed E-state index contributed by atoms with van der Waals surface area (Å²) in [6, 6.07) is -1.88. The van der Waals surface area contributed by atoms with Gasteiger partial charge in [-0.15, -0.1) is 10.1 Å². The van der Waals surface area contributed by atoms with E-state index in [-0.39, 0.29) is 0 Å². The molecule has 0 aliphatic rings. The van der Waals surface area contributed by atoms with E-state index in [1.165, 1.54) is 0 Å². The number of nitrogens with zero attached hydrogens (tertiary/aromatic N) is 1. The van der Waals surface area contributed by atoms with E-state index in [1.54, 1.807) is 5.32 Å². The number of primary amides is 2. The molecular weight excluding hydrogens is 160 g/mol. The van der Waals surface area contributed by atoms with Gasteiger partial charge in [0.2, 0.25) is 0 Å². The molecular formula is C2H6N4O5. The first-order valence-electron chi connectivity index (χ1n) is 2.05. The van der Waals surface area contributed by atoms with Crippen LogP contribution >= 0.6 is 0 Å². The van der Waals surface area contributed by atoms with Crippen molar-refractivity contribution in [2.45, 2.75) is 0 Å². The monoisotopic (exact) mass is 166 g/mol. The zero-order valence-electron chi connectivity index (χ0n) is 5.18. The largest absolute Gasteiger partial charge is 0.351 e. The van der Waals surface area contributed by atoms with E-state index in [4.69, 9.17) is 15.3 Å². The maximum Gasteiger partial charge on any atom is 0.320 e. The van der Waals surface area contributed by atoms with E-state index in [0.717, 1.165) is 0 Å². The molecule has 0 aromatic carbocycles. The minimum atomic E-state index is -1.50. The van der Waals surface area contributed by atoms with Gasteiger partial charge in [-0.1, -0.05) is 0 Å². The fraction of sp³-hybridized carbons (Fsp3) is 0. The second kappa shape index (κ2) is 6.07. The van der Waals surface area contributed by atoms with Crippen molar-refractivity contribution >= 4 is 12.1 Å².